The summed E-state index contributed by atoms with van der Waals surface area (Å²) in [5, 5.41) is 12.7. The number of para-hydroxylation sites is 1. The van der Waals surface area contributed by atoms with Gasteiger partial charge in [-0.3, -0.25) is 4.79 Å². The molecule has 0 radical (unpaired) electrons. The lowest BCUT2D eigenvalue weighted by Gasteiger charge is -2.05. The molecule has 0 bridgehead atoms. The first kappa shape index (κ1) is 16.6. The van der Waals surface area contributed by atoms with Crippen molar-refractivity contribution >= 4 is 11.6 Å². The van der Waals surface area contributed by atoms with Crippen LogP contribution < -0.4 is 5.32 Å². The highest BCUT2D eigenvalue weighted by Crippen LogP contribution is 2.28. The van der Waals surface area contributed by atoms with Crippen molar-refractivity contribution in [1.82, 2.24) is 4.98 Å². The first-order chi connectivity index (χ1) is 13.2. The molecule has 0 atom stereocenters. The minimum absolute atomic E-state index is 0.0443. The number of phenols is 1. The number of nitrogens with zero attached hydrogens (tertiary/aromatic N) is 1. The van der Waals surface area contributed by atoms with Gasteiger partial charge in [0.25, 0.3) is 5.91 Å². The standard InChI is InChI=1S/C22H16N2O3/c25-20-9-5-4-8-18(20)22-24-19(14-27-22)21(26)23-17-12-10-16(11-13-17)15-6-2-1-3-7-15/h1-14,25H,(H,23,26). The molecule has 132 valence electrons. The molecule has 0 saturated carbocycles. The monoisotopic (exact) mass is 356 g/mol. The van der Waals surface area contributed by atoms with Crippen LogP contribution in [0, 0.1) is 0 Å². The number of rotatable bonds is 4. The summed E-state index contributed by atoms with van der Waals surface area (Å²) >= 11 is 0. The Labute approximate surface area is 155 Å². The van der Waals surface area contributed by atoms with Gasteiger partial charge in [0, 0.05) is 5.69 Å². The minimum atomic E-state index is -0.382. The van der Waals surface area contributed by atoms with Gasteiger partial charge in [0.15, 0.2) is 5.69 Å². The van der Waals surface area contributed by atoms with E-state index >= 15 is 0 Å². The molecule has 5 heteroatoms. The van der Waals surface area contributed by atoms with Crippen molar-refractivity contribution in [1.29, 1.82) is 0 Å². The van der Waals surface area contributed by atoms with E-state index in [4.69, 9.17) is 4.42 Å². The van der Waals surface area contributed by atoms with Crippen molar-refractivity contribution in [2.75, 3.05) is 5.32 Å². The normalized spacial score (nSPS) is 10.5. The Morgan fingerprint density at radius 2 is 1.52 bits per heavy atom. The molecule has 0 aliphatic heterocycles. The summed E-state index contributed by atoms with van der Waals surface area (Å²) in [6, 6.07) is 24.2. The molecule has 0 fully saturated rings. The van der Waals surface area contributed by atoms with E-state index in [-0.39, 0.29) is 23.2 Å². The molecule has 0 aliphatic rings. The Balaban J connectivity index is 1.49. The second-order valence-electron chi connectivity index (χ2n) is 5.95. The topological polar surface area (TPSA) is 75.4 Å². The van der Waals surface area contributed by atoms with Crippen LogP contribution in [0.4, 0.5) is 5.69 Å². The fourth-order valence-corrected chi connectivity index (χ4v) is 2.73. The smallest absolute Gasteiger partial charge is 0.277 e. The van der Waals surface area contributed by atoms with E-state index in [2.05, 4.69) is 10.3 Å². The van der Waals surface area contributed by atoms with E-state index in [9.17, 15) is 9.90 Å². The second-order valence-corrected chi connectivity index (χ2v) is 5.95. The third-order valence-corrected chi connectivity index (χ3v) is 4.12. The number of hydrogen-bond donors (Lipinski definition) is 2. The molecule has 5 nitrogen and oxygen atoms in total. The summed E-state index contributed by atoms with van der Waals surface area (Å²) in [7, 11) is 0. The summed E-state index contributed by atoms with van der Waals surface area (Å²) in [6.45, 7) is 0. The molecule has 1 heterocycles. The number of benzene rings is 3. The van der Waals surface area contributed by atoms with Crippen LogP contribution in [-0.4, -0.2) is 16.0 Å². The van der Waals surface area contributed by atoms with Crippen molar-refractivity contribution in [2.24, 2.45) is 0 Å². The molecule has 27 heavy (non-hydrogen) atoms. The molecule has 0 aliphatic carbocycles. The lowest BCUT2D eigenvalue weighted by Crippen LogP contribution is -2.12. The predicted molar refractivity (Wildman–Crippen MR) is 103 cm³/mol. The number of carbonyl (C=O) groups excluding carboxylic acids is 1. The van der Waals surface area contributed by atoms with E-state index in [0.717, 1.165) is 11.1 Å². The van der Waals surface area contributed by atoms with Gasteiger partial charge in [-0.15, -0.1) is 0 Å². The maximum atomic E-state index is 12.4. The Hall–Kier alpha value is -3.86. The van der Waals surface area contributed by atoms with Gasteiger partial charge in [0.2, 0.25) is 5.89 Å². The number of carbonyl (C=O) groups is 1. The molecule has 1 aromatic heterocycles. The molecule has 4 aromatic rings. The zero-order chi connectivity index (χ0) is 18.6. The summed E-state index contributed by atoms with van der Waals surface area (Å²) in [5.41, 5.74) is 3.41. The number of anilines is 1. The fraction of sp³-hybridized carbons (Fsp3) is 0. The van der Waals surface area contributed by atoms with Gasteiger partial charge in [0.1, 0.15) is 12.0 Å². The average Bonchev–Trinajstić information content (AvgIpc) is 3.20. The first-order valence-corrected chi connectivity index (χ1v) is 8.41. The molecular formula is C22H16N2O3. The zero-order valence-corrected chi connectivity index (χ0v) is 14.3. The van der Waals surface area contributed by atoms with Crippen LogP contribution in [0.5, 0.6) is 5.75 Å². The van der Waals surface area contributed by atoms with Crippen molar-refractivity contribution in [3.05, 3.63) is 90.8 Å². The van der Waals surface area contributed by atoms with Gasteiger partial charge in [0.05, 0.1) is 5.56 Å². The number of nitrogens with one attached hydrogen (secondary N) is 1. The molecule has 0 saturated heterocycles. The van der Waals surface area contributed by atoms with Crippen LogP contribution >= 0.6 is 0 Å². The molecule has 1 amide bonds. The van der Waals surface area contributed by atoms with Gasteiger partial charge in [-0.1, -0.05) is 54.6 Å². The van der Waals surface area contributed by atoms with Gasteiger partial charge in [-0.05, 0) is 35.4 Å². The average molecular weight is 356 g/mol. The highest BCUT2D eigenvalue weighted by molar-refractivity contribution is 6.03. The van der Waals surface area contributed by atoms with Crippen LogP contribution in [0.25, 0.3) is 22.6 Å². The third-order valence-electron chi connectivity index (χ3n) is 4.12. The van der Waals surface area contributed by atoms with E-state index < -0.39 is 0 Å². The summed E-state index contributed by atoms with van der Waals surface area (Å²) in [5.74, 6) is -0.145. The van der Waals surface area contributed by atoms with Crippen LogP contribution in [-0.2, 0) is 0 Å². The summed E-state index contributed by atoms with van der Waals surface area (Å²) in [6.07, 6.45) is 1.27. The van der Waals surface area contributed by atoms with E-state index in [0.29, 0.717) is 11.3 Å². The van der Waals surface area contributed by atoms with Crippen LogP contribution in [0.1, 0.15) is 10.5 Å². The van der Waals surface area contributed by atoms with Gasteiger partial charge >= 0.3 is 0 Å². The fourth-order valence-electron chi connectivity index (χ4n) is 2.73. The molecule has 0 unspecified atom stereocenters. The summed E-state index contributed by atoms with van der Waals surface area (Å²) < 4.78 is 5.34. The van der Waals surface area contributed by atoms with Crippen molar-refractivity contribution < 1.29 is 14.3 Å². The highest BCUT2D eigenvalue weighted by atomic mass is 16.3. The molecule has 3 aromatic carbocycles. The molecule has 2 N–H and O–H groups in total. The van der Waals surface area contributed by atoms with Crippen molar-refractivity contribution in [2.45, 2.75) is 0 Å². The predicted octanol–water partition coefficient (Wildman–Crippen LogP) is 4.97. The van der Waals surface area contributed by atoms with Gasteiger partial charge in [-0.25, -0.2) is 4.98 Å². The number of aromatic hydroxyl groups is 1. The maximum absolute atomic E-state index is 12.4. The number of hydrogen-bond acceptors (Lipinski definition) is 4. The van der Waals surface area contributed by atoms with E-state index in [1.54, 1.807) is 18.2 Å². The lowest BCUT2D eigenvalue weighted by molar-refractivity contribution is 0.102. The van der Waals surface area contributed by atoms with E-state index in [1.807, 2.05) is 54.6 Å². The van der Waals surface area contributed by atoms with Crippen LogP contribution in [0.15, 0.2) is 89.5 Å². The number of aromatic nitrogens is 1. The number of phenolic OH excluding ortho intramolecular Hbond substituents is 1. The lowest BCUT2D eigenvalue weighted by atomic mass is 10.1. The van der Waals surface area contributed by atoms with Crippen molar-refractivity contribution in [3.63, 3.8) is 0 Å². The minimum Gasteiger partial charge on any atom is -0.507 e. The Morgan fingerprint density at radius 1 is 0.852 bits per heavy atom. The Kier molecular flexibility index (Phi) is 4.41. The van der Waals surface area contributed by atoms with Crippen LogP contribution in [0.3, 0.4) is 0 Å². The first-order valence-electron chi connectivity index (χ1n) is 8.41. The van der Waals surface area contributed by atoms with Crippen LogP contribution in [0.2, 0.25) is 0 Å². The summed E-state index contributed by atoms with van der Waals surface area (Å²) in [4.78, 5) is 16.6. The maximum Gasteiger partial charge on any atom is 0.277 e. The number of oxazole rings is 1. The van der Waals surface area contributed by atoms with Crippen molar-refractivity contribution in [3.8, 4) is 28.3 Å². The van der Waals surface area contributed by atoms with E-state index in [1.165, 1.54) is 12.3 Å². The third kappa shape index (κ3) is 3.57. The molecular weight excluding hydrogens is 340 g/mol. The molecule has 0 spiro atoms. The second kappa shape index (κ2) is 7.17. The Bertz CT molecular complexity index is 1070. The quantitative estimate of drug-likeness (QED) is 0.541. The zero-order valence-electron chi connectivity index (χ0n) is 14.3. The number of amides is 1. The Morgan fingerprint density at radius 3 is 2.26 bits per heavy atom. The molecule has 4 rings (SSSR count). The highest BCUT2D eigenvalue weighted by Gasteiger charge is 2.15. The largest absolute Gasteiger partial charge is 0.507 e. The van der Waals surface area contributed by atoms with Gasteiger partial charge < -0.3 is 14.8 Å². The SMILES string of the molecule is O=C(Nc1ccc(-c2ccccc2)cc1)c1coc(-c2ccccc2O)n1. The van der Waals surface area contributed by atoms with Gasteiger partial charge in [-0.2, -0.15) is 0 Å².